The van der Waals surface area contributed by atoms with Crippen molar-refractivity contribution in [2.75, 3.05) is 0 Å². The normalized spacial score (nSPS) is 10.2. The van der Waals surface area contributed by atoms with Crippen molar-refractivity contribution in [1.82, 2.24) is 4.98 Å². The maximum atomic E-state index is 10.6. The molecule has 0 radical (unpaired) electrons. The summed E-state index contributed by atoms with van der Waals surface area (Å²) in [5.41, 5.74) is 2.88. The highest BCUT2D eigenvalue weighted by atomic mass is 32.2. The molecule has 0 bridgehead atoms. The number of pyridine rings is 1. The van der Waals surface area contributed by atoms with Gasteiger partial charge < -0.3 is 0 Å². The first-order valence-corrected chi connectivity index (χ1v) is 6.17. The number of carbonyl (C=O) groups excluding carboxylic acids is 1. The summed E-state index contributed by atoms with van der Waals surface area (Å²) >= 11 is 1.62. The van der Waals surface area contributed by atoms with E-state index in [9.17, 15) is 4.79 Å². The van der Waals surface area contributed by atoms with Gasteiger partial charge in [0.2, 0.25) is 0 Å². The smallest absolute Gasteiger partial charge is 0.151 e. The molecule has 86 valence electrons. The van der Waals surface area contributed by atoms with Crippen LogP contribution in [-0.4, -0.2) is 11.3 Å². The molecule has 2 rings (SSSR count). The van der Waals surface area contributed by atoms with Crippen LogP contribution in [-0.2, 0) is 0 Å². The Balaban J connectivity index is 2.27. The zero-order valence-corrected chi connectivity index (χ0v) is 10.6. The molecular formula is C14H13NOS. The van der Waals surface area contributed by atoms with Gasteiger partial charge in [-0.05, 0) is 37.6 Å². The molecule has 1 aromatic carbocycles. The van der Waals surface area contributed by atoms with Crippen molar-refractivity contribution in [3.63, 3.8) is 0 Å². The van der Waals surface area contributed by atoms with E-state index in [2.05, 4.69) is 30.1 Å². The molecule has 0 spiro atoms. The average molecular weight is 243 g/mol. The minimum atomic E-state index is 0.621. The lowest BCUT2D eigenvalue weighted by molar-refractivity contribution is 0.112. The standard InChI is InChI=1S/C14H13NOS/c1-10-4-3-5-13(6-10)17-14-11(2)7-12(9-16)8-15-14/h3-9H,1-2H3. The van der Waals surface area contributed by atoms with Gasteiger partial charge in [-0.25, -0.2) is 4.98 Å². The molecule has 2 aromatic rings. The van der Waals surface area contributed by atoms with Gasteiger partial charge in [0.1, 0.15) is 5.03 Å². The fourth-order valence-corrected chi connectivity index (χ4v) is 2.49. The van der Waals surface area contributed by atoms with Crippen LogP contribution in [0.1, 0.15) is 21.5 Å². The minimum absolute atomic E-state index is 0.621. The lowest BCUT2D eigenvalue weighted by Gasteiger charge is -2.05. The Kier molecular flexibility index (Phi) is 3.59. The van der Waals surface area contributed by atoms with E-state index in [4.69, 9.17) is 0 Å². The van der Waals surface area contributed by atoms with Crippen molar-refractivity contribution in [3.05, 3.63) is 53.2 Å². The Morgan fingerprint density at radius 3 is 2.71 bits per heavy atom. The first-order valence-electron chi connectivity index (χ1n) is 5.35. The van der Waals surface area contributed by atoms with Crippen molar-refractivity contribution in [3.8, 4) is 0 Å². The number of hydrogen-bond acceptors (Lipinski definition) is 3. The monoisotopic (exact) mass is 243 g/mol. The number of benzene rings is 1. The molecule has 2 nitrogen and oxygen atoms in total. The van der Waals surface area contributed by atoms with Gasteiger partial charge in [0.15, 0.2) is 6.29 Å². The van der Waals surface area contributed by atoms with E-state index in [1.54, 1.807) is 18.0 Å². The second-order valence-electron chi connectivity index (χ2n) is 3.93. The lowest BCUT2D eigenvalue weighted by Crippen LogP contribution is -1.89. The molecule has 17 heavy (non-hydrogen) atoms. The van der Waals surface area contributed by atoms with Crippen molar-refractivity contribution < 1.29 is 4.79 Å². The van der Waals surface area contributed by atoms with Crippen LogP contribution < -0.4 is 0 Å². The Morgan fingerprint density at radius 2 is 2.06 bits per heavy atom. The topological polar surface area (TPSA) is 30.0 Å². The Hall–Kier alpha value is -1.61. The van der Waals surface area contributed by atoms with Crippen LogP contribution >= 0.6 is 11.8 Å². The van der Waals surface area contributed by atoms with Crippen LogP contribution in [0.4, 0.5) is 0 Å². The first-order chi connectivity index (χ1) is 8.19. The zero-order valence-electron chi connectivity index (χ0n) is 9.81. The highest BCUT2D eigenvalue weighted by Gasteiger charge is 2.04. The van der Waals surface area contributed by atoms with Gasteiger partial charge in [0.25, 0.3) is 0 Å². The van der Waals surface area contributed by atoms with Gasteiger partial charge in [-0.15, -0.1) is 0 Å². The van der Waals surface area contributed by atoms with Crippen LogP contribution in [0.2, 0.25) is 0 Å². The molecule has 0 amide bonds. The van der Waals surface area contributed by atoms with Crippen LogP contribution in [0, 0.1) is 13.8 Å². The minimum Gasteiger partial charge on any atom is -0.298 e. The van der Waals surface area contributed by atoms with Crippen molar-refractivity contribution in [2.24, 2.45) is 0 Å². The number of carbonyl (C=O) groups is 1. The van der Waals surface area contributed by atoms with E-state index in [0.717, 1.165) is 16.9 Å². The maximum absolute atomic E-state index is 10.6. The Morgan fingerprint density at radius 1 is 1.24 bits per heavy atom. The quantitative estimate of drug-likeness (QED) is 0.770. The van der Waals surface area contributed by atoms with E-state index in [-0.39, 0.29) is 0 Å². The second-order valence-corrected chi connectivity index (χ2v) is 4.99. The molecule has 0 unspecified atom stereocenters. The molecular weight excluding hydrogens is 230 g/mol. The van der Waals surface area contributed by atoms with Crippen LogP contribution in [0.25, 0.3) is 0 Å². The van der Waals surface area contributed by atoms with E-state index in [0.29, 0.717) is 5.56 Å². The predicted molar refractivity (Wildman–Crippen MR) is 69.7 cm³/mol. The third kappa shape index (κ3) is 2.94. The average Bonchev–Trinajstić information content (AvgIpc) is 2.32. The van der Waals surface area contributed by atoms with Crippen LogP contribution in [0.5, 0.6) is 0 Å². The summed E-state index contributed by atoms with van der Waals surface area (Å²) in [6.45, 7) is 4.04. The number of aromatic nitrogens is 1. The SMILES string of the molecule is Cc1cccc(Sc2ncc(C=O)cc2C)c1. The summed E-state index contributed by atoms with van der Waals surface area (Å²) in [5, 5.41) is 0.946. The Bertz CT molecular complexity index is 552. The number of aryl methyl sites for hydroxylation is 2. The van der Waals surface area contributed by atoms with Gasteiger partial charge in [0, 0.05) is 16.7 Å². The summed E-state index contributed by atoms with van der Waals surface area (Å²) in [6.07, 6.45) is 2.43. The first kappa shape index (κ1) is 11.9. The van der Waals surface area contributed by atoms with Crippen molar-refractivity contribution in [1.29, 1.82) is 0 Å². The summed E-state index contributed by atoms with van der Waals surface area (Å²) in [5.74, 6) is 0. The molecule has 0 fully saturated rings. The van der Waals surface area contributed by atoms with E-state index in [1.807, 2.05) is 19.1 Å². The number of nitrogens with zero attached hydrogens (tertiary/aromatic N) is 1. The number of rotatable bonds is 3. The number of hydrogen-bond donors (Lipinski definition) is 0. The van der Waals surface area contributed by atoms with Gasteiger partial charge in [-0.3, -0.25) is 4.79 Å². The molecule has 0 aliphatic rings. The van der Waals surface area contributed by atoms with Crippen molar-refractivity contribution in [2.45, 2.75) is 23.8 Å². The van der Waals surface area contributed by atoms with Crippen LogP contribution in [0.15, 0.2) is 46.5 Å². The Labute approximate surface area is 105 Å². The largest absolute Gasteiger partial charge is 0.298 e. The van der Waals surface area contributed by atoms with E-state index in [1.165, 1.54) is 10.5 Å². The summed E-state index contributed by atoms with van der Waals surface area (Å²) in [7, 11) is 0. The van der Waals surface area contributed by atoms with Crippen molar-refractivity contribution >= 4 is 18.0 Å². The van der Waals surface area contributed by atoms with Gasteiger partial charge >= 0.3 is 0 Å². The van der Waals surface area contributed by atoms with E-state index >= 15 is 0 Å². The third-order valence-corrected chi connectivity index (χ3v) is 3.50. The highest BCUT2D eigenvalue weighted by Crippen LogP contribution is 2.28. The van der Waals surface area contributed by atoms with Gasteiger partial charge in [0.05, 0.1) is 0 Å². The maximum Gasteiger partial charge on any atom is 0.151 e. The number of aldehydes is 1. The molecule has 0 N–H and O–H groups in total. The van der Waals surface area contributed by atoms with Crippen LogP contribution in [0.3, 0.4) is 0 Å². The summed E-state index contributed by atoms with van der Waals surface area (Å²) in [4.78, 5) is 16.1. The lowest BCUT2D eigenvalue weighted by atomic mass is 10.2. The molecule has 3 heteroatoms. The zero-order chi connectivity index (χ0) is 12.3. The second kappa shape index (κ2) is 5.15. The molecule has 0 saturated carbocycles. The fraction of sp³-hybridized carbons (Fsp3) is 0.143. The van der Waals surface area contributed by atoms with Gasteiger partial charge in [-0.2, -0.15) is 0 Å². The van der Waals surface area contributed by atoms with Gasteiger partial charge in [-0.1, -0.05) is 29.5 Å². The third-order valence-electron chi connectivity index (χ3n) is 2.39. The molecule has 0 aliphatic heterocycles. The summed E-state index contributed by atoms with van der Waals surface area (Å²) < 4.78 is 0. The molecule has 0 atom stereocenters. The molecule has 0 saturated heterocycles. The predicted octanol–water partition coefficient (Wildman–Crippen LogP) is 3.66. The molecule has 1 aromatic heterocycles. The molecule has 0 aliphatic carbocycles. The highest BCUT2D eigenvalue weighted by molar-refractivity contribution is 7.99. The summed E-state index contributed by atoms with van der Waals surface area (Å²) in [6, 6.07) is 10.1. The fourth-order valence-electron chi connectivity index (χ4n) is 1.55. The molecule has 1 heterocycles. The van der Waals surface area contributed by atoms with E-state index < -0.39 is 0 Å².